The molecule has 0 saturated heterocycles. The van der Waals surface area contributed by atoms with E-state index >= 15 is 0 Å². The molecule has 1 heterocycles. The molecule has 1 atom stereocenters. The summed E-state index contributed by atoms with van der Waals surface area (Å²) < 4.78 is 0. The zero-order chi connectivity index (χ0) is 13.0. The van der Waals surface area contributed by atoms with Gasteiger partial charge in [0.25, 0.3) is 0 Å². The summed E-state index contributed by atoms with van der Waals surface area (Å²) in [6.07, 6.45) is 1.66. The molecule has 0 unspecified atom stereocenters. The van der Waals surface area contributed by atoms with Crippen LogP contribution in [0.3, 0.4) is 0 Å². The molecule has 0 bridgehead atoms. The zero-order valence-electron chi connectivity index (χ0n) is 9.96. The van der Waals surface area contributed by atoms with Crippen LogP contribution in [-0.2, 0) is 0 Å². The van der Waals surface area contributed by atoms with E-state index in [0.717, 1.165) is 5.56 Å². The van der Waals surface area contributed by atoms with Crippen molar-refractivity contribution in [3.8, 4) is 0 Å². The Morgan fingerprint density at radius 3 is 2.61 bits per heavy atom. The molecule has 0 aliphatic heterocycles. The van der Waals surface area contributed by atoms with Gasteiger partial charge < -0.3 is 0 Å². The summed E-state index contributed by atoms with van der Waals surface area (Å²) in [6.45, 7) is 1.96. The Labute approximate surface area is 105 Å². The number of benzene rings is 1. The Morgan fingerprint density at radius 2 is 1.94 bits per heavy atom. The first kappa shape index (κ1) is 12.0. The first-order chi connectivity index (χ1) is 8.68. The van der Waals surface area contributed by atoms with Crippen LogP contribution in [0.1, 0.15) is 18.5 Å². The Balaban J connectivity index is 2.22. The summed E-state index contributed by atoms with van der Waals surface area (Å²) in [7, 11) is 0. The molecule has 1 aromatic carbocycles. The highest BCUT2D eigenvalue weighted by Gasteiger charge is 2.22. The van der Waals surface area contributed by atoms with E-state index in [2.05, 4.69) is 10.3 Å². The minimum Gasteiger partial charge on any atom is -0.262 e. The first-order valence-corrected chi connectivity index (χ1v) is 5.65. The first-order valence-electron chi connectivity index (χ1n) is 5.65. The number of rotatable bonds is 4. The molecule has 2 N–H and O–H groups in total. The van der Waals surface area contributed by atoms with Crippen molar-refractivity contribution >= 4 is 11.5 Å². The SMILES string of the molecule is C[C@@H](Nc1[nH+]cccc1[N+](=O)[O-])c1ccccc1. The Kier molecular flexibility index (Phi) is 3.52. The minimum absolute atomic E-state index is 0.0106. The topological polar surface area (TPSA) is 69.3 Å². The normalized spacial score (nSPS) is 11.8. The van der Waals surface area contributed by atoms with Crippen LogP contribution in [0.4, 0.5) is 11.5 Å². The maximum absolute atomic E-state index is 10.9. The molecule has 0 spiro atoms. The maximum Gasteiger partial charge on any atom is 0.357 e. The molecule has 0 fully saturated rings. The van der Waals surface area contributed by atoms with Crippen LogP contribution in [0, 0.1) is 10.1 Å². The molecule has 2 rings (SSSR count). The quantitative estimate of drug-likeness (QED) is 0.663. The number of nitrogens with one attached hydrogen (secondary N) is 2. The second-order valence-corrected chi connectivity index (χ2v) is 3.96. The van der Waals surface area contributed by atoms with E-state index in [1.54, 1.807) is 12.3 Å². The van der Waals surface area contributed by atoms with Crippen LogP contribution in [0.15, 0.2) is 48.7 Å². The van der Waals surface area contributed by atoms with E-state index in [1.807, 2.05) is 37.3 Å². The molecule has 0 saturated carbocycles. The van der Waals surface area contributed by atoms with Gasteiger partial charge in [0, 0.05) is 6.07 Å². The van der Waals surface area contributed by atoms with Gasteiger partial charge in [0.2, 0.25) is 0 Å². The summed E-state index contributed by atoms with van der Waals surface area (Å²) in [5.74, 6) is 0.416. The molecule has 5 heteroatoms. The monoisotopic (exact) mass is 244 g/mol. The summed E-state index contributed by atoms with van der Waals surface area (Å²) in [4.78, 5) is 13.3. The summed E-state index contributed by atoms with van der Waals surface area (Å²) in [5.41, 5.74) is 1.12. The third-order valence-corrected chi connectivity index (χ3v) is 2.69. The number of aromatic nitrogens is 1. The smallest absolute Gasteiger partial charge is 0.262 e. The molecule has 2 aromatic rings. The van der Waals surface area contributed by atoms with Crippen LogP contribution in [0.25, 0.3) is 0 Å². The van der Waals surface area contributed by atoms with E-state index < -0.39 is 4.92 Å². The van der Waals surface area contributed by atoms with Crippen LogP contribution < -0.4 is 10.3 Å². The number of nitrogens with zero attached hydrogens (tertiary/aromatic N) is 1. The molecule has 0 radical (unpaired) electrons. The minimum atomic E-state index is -0.406. The fourth-order valence-corrected chi connectivity index (χ4v) is 1.74. The lowest BCUT2D eigenvalue weighted by molar-refractivity contribution is -0.409. The van der Waals surface area contributed by atoms with Crippen molar-refractivity contribution in [3.63, 3.8) is 0 Å². The standard InChI is InChI=1S/C13H13N3O2/c1-10(11-6-3-2-4-7-11)15-13-12(16(17)18)8-5-9-14-13/h2-10H,1H3,(H,14,15)/p+1/t10-/m1/s1. The Hall–Kier alpha value is -2.43. The summed E-state index contributed by atoms with van der Waals surface area (Å²) in [5, 5.41) is 14.0. The van der Waals surface area contributed by atoms with Gasteiger partial charge in [-0.2, -0.15) is 0 Å². The van der Waals surface area contributed by atoms with E-state index in [1.165, 1.54) is 6.07 Å². The van der Waals surface area contributed by atoms with Crippen LogP contribution in [0.2, 0.25) is 0 Å². The van der Waals surface area contributed by atoms with Crippen molar-refractivity contribution < 1.29 is 9.91 Å². The second-order valence-electron chi connectivity index (χ2n) is 3.96. The lowest BCUT2D eigenvalue weighted by Crippen LogP contribution is -2.17. The molecule has 18 heavy (non-hydrogen) atoms. The van der Waals surface area contributed by atoms with Gasteiger partial charge >= 0.3 is 11.5 Å². The van der Waals surface area contributed by atoms with Gasteiger partial charge in [-0.1, -0.05) is 30.3 Å². The van der Waals surface area contributed by atoms with Gasteiger partial charge in [0.15, 0.2) is 0 Å². The largest absolute Gasteiger partial charge is 0.357 e. The predicted octanol–water partition coefficient (Wildman–Crippen LogP) is 2.58. The average molecular weight is 244 g/mol. The molecular formula is C13H14N3O2+. The van der Waals surface area contributed by atoms with Gasteiger partial charge in [-0.15, -0.1) is 0 Å². The highest BCUT2D eigenvalue weighted by atomic mass is 16.6. The maximum atomic E-state index is 10.9. The van der Waals surface area contributed by atoms with Crippen LogP contribution in [0.5, 0.6) is 0 Å². The summed E-state index contributed by atoms with van der Waals surface area (Å²) in [6, 6.07) is 12.8. The van der Waals surface area contributed by atoms with Gasteiger partial charge in [-0.25, -0.2) is 4.98 Å². The summed E-state index contributed by atoms with van der Waals surface area (Å²) >= 11 is 0. The van der Waals surface area contributed by atoms with Gasteiger partial charge in [0.05, 0.1) is 11.1 Å². The fourth-order valence-electron chi connectivity index (χ4n) is 1.74. The fraction of sp³-hybridized carbons (Fsp3) is 0.154. The van der Waals surface area contributed by atoms with Crippen LogP contribution >= 0.6 is 0 Å². The number of nitro groups is 1. The van der Waals surface area contributed by atoms with E-state index in [-0.39, 0.29) is 11.7 Å². The molecule has 92 valence electrons. The molecule has 0 amide bonds. The zero-order valence-corrected chi connectivity index (χ0v) is 9.96. The van der Waals surface area contributed by atoms with E-state index in [4.69, 9.17) is 0 Å². The molecule has 0 aliphatic rings. The number of hydrogen-bond acceptors (Lipinski definition) is 3. The van der Waals surface area contributed by atoms with Gasteiger partial charge in [0.1, 0.15) is 6.04 Å². The van der Waals surface area contributed by atoms with Crippen molar-refractivity contribution in [3.05, 3.63) is 64.3 Å². The number of hydrogen-bond donors (Lipinski definition) is 1. The number of H-pyrrole nitrogens is 1. The van der Waals surface area contributed by atoms with Crippen molar-refractivity contribution in [2.45, 2.75) is 13.0 Å². The average Bonchev–Trinajstić information content (AvgIpc) is 2.40. The van der Waals surface area contributed by atoms with Gasteiger partial charge in [-0.05, 0) is 18.6 Å². The van der Waals surface area contributed by atoms with Crippen molar-refractivity contribution in [2.24, 2.45) is 0 Å². The van der Waals surface area contributed by atoms with E-state index in [0.29, 0.717) is 5.82 Å². The Bertz CT molecular complexity index is 543. The molecular weight excluding hydrogens is 230 g/mol. The van der Waals surface area contributed by atoms with Crippen molar-refractivity contribution in [1.82, 2.24) is 0 Å². The number of pyridine rings is 1. The van der Waals surface area contributed by atoms with Crippen LogP contribution in [-0.4, -0.2) is 4.92 Å². The number of aromatic amines is 1. The lowest BCUT2D eigenvalue weighted by atomic mass is 10.1. The van der Waals surface area contributed by atoms with E-state index in [9.17, 15) is 10.1 Å². The third-order valence-electron chi connectivity index (χ3n) is 2.69. The molecule has 1 aromatic heterocycles. The van der Waals surface area contributed by atoms with Gasteiger partial charge in [-0.3, -0.25) is 15.4 Å². The molecule has 0 aliphatic carbocycles. The highest BCUT2D eigenvalue weighted by molar-refractivity contribution is 5.52. The second kappa shape index (κ2) is 5.27. The highest BCUT2D eigenvalue weighted by Crippen LogP contribution is 2.23. The lowest BCUT2D eigenvalue weighted by Gasteiger charge is -2.08. The predicted molar refractivity (Wildman–Crippen MR) is 68.1 cm³/mol. The number of anilines is 1. The third kappa shape index (κ3) is 2.63. The van der Waals surface area contributed by atoms with Crippen molar-refractivity contribution in [2.75, 3.05) is 5.32 Å². The molecule has 5 nitrogen and oxygen atoms in total. The Morgan fingerprint density at radius 1 is 1.22 bits per heavy atom. The van der Waals surface area contributed by atoms with Crippen molar-refractivity contribution in [1.29, 1.82) is 0 Å².